The fraction of sp³-hybridized carbons (Fsp3) is 0.111. The standard InChI is InChI=1S/C18H16FN5O2/c19-14-3-1-2-12(8-14)10-21-16-9-15(13-4-6-20-7-5-13)23-18(24-16)22-11-17(25)26/h1-9H,10-11H2,(H,25,26)(H2,21,22,23,24). The summed E-state index contributed by atoms with van der Waals surface area (Å²) in [6.45, 7) is 0.0616. The zero-order valence-corrected chi connectivity index (χ0v) is 13.7. The van der Waals surface area contributed by atoms with Gasteiger partial charge < -0.3 is 15.7 Å². The maximum Gasteiger partial charge on any atom is 0.322 e. The fourth-order valence-electron chi connectivity index (χ4n) is 2.28. The molecule has 0 saturated heterocycles. The van der Waals surface area contributed by atoms with E-state index in [1.165, 1.54) is 12.1 Å². The van der Waals surface area contributed by atoms with Gasteiger partial charge in [0.25, 0.3) is 0 Å². The Kier molecular flexibility index (Phi) is 5.33. The van der Waals surface area contributed by atoms with Gasteiger partial charge in [0, 0.05) is 30.6 Å². The lowest BCUT2D eigenvalue weighted by atomic mass is 10.2. The minimum Gasteiger partial charge on any atom is -0.480 e. The molecule has 0 atom stereocenters. The van der Waals surface area contributed by atoms with Crippen molar-refractivity contribution in [2.75, 3.05) is 17.2 Å². The largest absolute Gasteiger partial charge is 0.480 e. The van der Waals surface area contributed by atoms with Crippen LogP contribution >= 0.6 is 0 Å². The van der Waals surface area contributed by atoms with Crippen LogP contribution < -0.4 is 10.6 Å². The minimum absolute atomic E-state index is 0.184. The van der Waals surface area contributed by atoms with Gasteiger partial charge in [-0.3, -0.25) is 9.78 Å². The van der Waals surface area contributed by atoms with Gasteiger partial charge in [-0.1, -0.05) is 12.1 Å². The van der Waals surface area contributed by atoms with Crippen molar-refractivity contribution < 1.29 is 14.3 Å². The molecular formula is C18H16FN5O2. The van der Waals surface area contributed by atoms with Gasteiger partial charge in [-0.05, 0) is 29.8 Å². The molecule has 2 heterocycles. The normalized spacial score (nSPS) is 10.3. The zero-order valence-electron chi connectivity index (χ0n) is 13.7. The zero-order chi connectivity index (χ0) is 18.4. The highest BCUT2D eigenvalue weighted by Gasteiger charge is 2.08. The van der Waals surface area contributed by atoms with E-state index in [1.807, 2.05) is 0 Å². The predicted octanol–water partition coefficient (Wildman–Crippen LogP) is 2.79. The number of aromatic nitrogens is 3. The smallest absolute Gasteiger partial charge is 0.322 e. The van der Waals surface area contributed by atoms with E-state index in [2.05, 4.69) is 25.6 Å². The van der Waals surface area contributed by atoms with Crippen molar-refractivity contribution in [1.82, 2.24) is 15.0 Å². The second-order valence-electron chi connectivity index (χ2n) is 5.43. The van der Waals surface area contributed by atoms with Gasteiger partial charge in [-0.2, -0.15) is 4.98 Å². The number of hydrogen-bond acceptors (Lipinski definition) is 6. The Bertz CT molecular complexity index is 905. The summed E-state index contributed by atoms with van der Waals surface area (Å²) in [4.78, 5) is 23.3. The molecule has 3 rings (SSSR count). The van der Waals surface area contributed by atoms with E-state index in [1.54, 1.807) is 42.7 Å². The van der Waals surface area contributed by atoms with Gasteiger partial charge in [0.15, 0.2) is 0 Å². The molecular weight excluding hydrogens is 337 g/mol. The first-order valence-corrected chi connectivity index (χ1v) is 7.83. The number of aliphatic carboxylic acids is 1. The van der Waals surface area contributed by atoms with Crippen LogP contribution in [-0.2, 0) is 11.3 Å². The molecule has 7 nitrogen and oxygen atoms in total. The topological polar surface area (TPSA) is 100 Å². The summed E-state index contributed by atoms with van der Waals surface area (Å²) in [6, 6.07) is 11.6. The van der Waals surface area contributed by atoms with Crippen LogP contribution in [0.25, 0.3) is 11.3 Å². The molecule has 0 aliphatic rings. The van der Waals surface area contributed by atoms with Crippen molar-refractivity contribution in [3.63, 3.8) is 0 Å². The molecule has 1 aromatic carbocycles. The Morgan fingerprint density at radius 2 is 1.88 bits per heavy atom. The van der Waals surface area contributed by atoms with E-state index in [0.29, 0.717) is 18.1 Å². The summed E-state index contributed by atoms with van der Waals surface area (Å²) >= 11 is 0. The van der Waals surface area contributed by atoms with E-state index in [4.69, 9.17) is 5.11 Å². The van der Waals surface area contributed by atoms with Crippen LogP contribution in [0.4, 0.5) is 16.2 Å². The van der Waals surface area contributed by atoms with Gasteiger partial charge in [0.05, 0.1) is 5.69 Å². The average Bonchev–Trinajstić information content (AvgIpc) is 2.65. The van der Waals surface area contributed by atoms with Crippen molar-refractivity contribution in [3.8, 4) is 11.3 Å². The molecule has 0 amide bonds. The molecule has 8 heteroatoms. The SMILES string of the molecule is O=C(O)CNc1nc(NCc2cccc(F)c2)cc(-c2ccncc2)n1. The summed E-state index contributed by atoms with van der Waals surface area (Å²) in [6.07, 6.45) is 3.28. The summed E-state index contributed by atoms with van der Waals surface area (Å²) < 4.78 is 13.3. The molecule has 3 aromatic rings. The van der Waals surface area contributed by atoms with E-state index in [9.17, 15) is 9.18 Å². The van der Waals surface area contributed by atoms with Crippen LogP contribution in [-0.4, -0.2) is 32.6 Å². The Balaban J connectivity index is 1.85. The summed E-state index contributed by atoms with van der Waals surface area (Å²) in [5.41, 5.74) is 2.18. The molecule has 132 valence electrons. The van der Waals surface area contributed by atoms with E-state index in [-0.39, 0.29) is 18.3 Å². The maximum absolute atomic E-state index is 13.3. The molecule has 0 spiro atoms. The lowest BCUT2D eigenvalue weighted by Crippen LogP contribution is -2.15. The van der Waals surface area contributed by atoms with E-state index < -0.39 is 5.97 Å². The number of carbonyl (C=O) groups is 1. The quantitative estimate of drug-likeness (QED) is 0.600. The molecule has 3 N–H and O–H groups in total. The number of carboxylic acid groups (broad SMARTS) is 1. The van der Waals surface area contributed by atoms with Crippen molar-refractivity contribution in [2.45, 2.75) is 6.54 Å². The first kappa shape index (κ1) is 17.3. The van der Waals surface area contributed by atoms with Crippen molar-refractivity contribution in [1.29, 1.82) is 0 Å². The second kappa shape index (κ2) is 8.02. The highest BCUT2D eigenvalue weighted by Crippen LogP contribution is 2.21. The van der Waals surface area contributed by atoms with E-state index >= 15 is 0 Å². The monoisotopic (exact) mass is 353 g/mol. The molecule has 0 aliphatic carbocycles. The third kappa shape index (κ3) is 4.73. The van der Waals surface area contributed by atoms with Crippen LogP contribution in [0.1, 0.15) is 5.56 Å². The summed E-state index contributed by atoms with van der Waals surface area (Å²) in [7, 11) is 0. The van der Waals surface area contributed by atoms with Crippen LogP contribution in [0.15, 0.2) is 54.9 Å². The third-order valence-electron chi connectivity index (χ3n) is 3.46. The number of pyridine rings is 1. The van der Waals surface area contributed by atoms with Crippen molar-refractivity contribution in [2.24, 2.45) is 0 Å². The lowest BCUT2D eigenvalue weighted by Gasteiger charge is -2.11. The number of halogens is 1. The molecule has 0 saturated carbocycles. The van der Waals surface area contributed by atoms with Crippen molar-refractivity contribution >= 4 is 17.7 Å². The number of anilines is 2. The number of carboxylic acids is 1. The predicted molar refractivity (Wildman–Crippen MR) is 95.1 cm³/mol. The van der Waals surface area contributed by atoms with Gasteiger partial charge >= 0.3 is 5.97 Å². The van der Waals surface area contributed by atoms with Crippen LogP contribution in [0.3, 0.4) is 0 Å². The highest BCUT2D eigenvalue weighted by molar-refractivity contribution is 5.72. The van der Waals surface area contributed by atoms with Gasteiger partial charge in [0.1, 0.15) is 18.2 Å². The van der Waals surface area contributed by atoms with Crippen LogP contribution in [0.5, 0.6) is 0 Å². The number of hydrogen-bond donors (Lipinski definition) is 3. The number of nitrogens with one attached hydrogen (secondary N) is 2. The Labute approximate surface area is 149 Å². The molecule has 0 radical (unpaired) electrons. The maximum atomic E-state index is 13.3. The molecule has 2 aromatic heterocycles. The Morgan fingerprint density at radius 3 is 2.62 bits per heavy atom. The second-order valence-corrected chi connectivity index (χ2v) is 5.43. The average molecular weight is 353 g/mol. The molecule has 26 heavy (non-hydrogen) atoms. The molecule has 0 fully saturated rings. The van der Waals surface area contributed by atoms with Gasteiger partial charge in [-0.15, -0.1) is 0 Å². The summed E-state index contributed by atoms with van der Waals surface area (Å²) in [5, 5.41) is 14.6. The summed E-state index contributed by atoms with van der Waals surface area (Å²) in [5.74, 6) is -0.655. The Morgan fingerprint density at radius 1 is 1.08 bits per heavy atom. The van der Waals surface area contributed by atoms with Crippen LogP contribution in [0.2, 0.25) is 0 Å². The van der Waals surface area contributed by atoms with Crippen molar-refractivity contribution in [3.05, 3.63) is 66.2 Å². The van der Waals surface area contributed by atoms with E-state index in [0.717, 1.165) is 11.1 Å². The molecule has 0 unspecified atom stereocenters. The van der Waals surface area contributed by atoms with Crippen LogP contribution in [0, 0.1) is 5.82 Å². The first-order chi connectivity index (χ1) is 12.6. The Hall–Kier alpha value is -3.55. The highest BCUT2D eigenvalue weighted by atomic mass is 19.1. The van der Waals surface area contributed by atoms with Gasteiger partial charge in [0.2, 0.25) is 5.95 Å². The third-order valence-corrected chi connectivity index (χ3v) is 3.46. The number of rotatable bonds is 7. The molecule has 0 bridgehead atoms. The number of nitrogens with zero attached hydrogens (tertiary/aromatic N) is 3. The minimum atomic E-state index is -1.02. The number of benzene rings is 1. The molecule has 0 aliphatic heterocycles. The fourth-order valence-corrected chi connectivity index (χ4v) is 2.28. The first-order valence-electron chi connectivity index (χ1n) is 7.83. The lowest BCUT2D eigenvalue weighted by molar-refractivity contribution is -0.134. The van der Waals surface area contributed by atoms with Gasteiger partial charge in [-0.25, -0.2) is 9.37 Å².